The molecule has 0 aliphatic carbocycles. The molecule has 0 amide bonds. The van der Waals surface area contributed by atoms with E-state index in [1.54, 1.807) is 6.92 Å². The number of fused-ring (bicyclic) bond motifs is 1. The Labute approximate surface area is 121 Å². The molecule has 0 saturated heterocycles. The fraction of sp³-hybridized carbons (Fsp3) is 0.214. The van der Waals surface area contributed by atoms with Crippen LogP contribution < -0.4 is 5.32 Å². The zero-order valence-corrected chi connectivity index (χ0v) is 11.7. The van der Waals surface area contributed by atoms with Crippen LogP contribution in [0.15, 0.2) is 34.9 Å². The van der Waals surface area contributed by atoms with E-state index in [1.807, 2.05) is 30.3 Å². The summed E-state index contributed by atoms with van der Waals surface area (Å²) in [5.74, 6) is 2.00. The number of anilines is 1. The van der Waals surface area contributed by atoms with Crippen LogP contribution in [0.5, 0.6) is 0 Å². The lowest BCUT2D eigenvalue weighted by atomic mass is 10.2. The van der Waals surface area contributed by atoms with Crippen molar-refractivity contribution in [2.24, 2.45) is 0 Å². The molecule has 3 aromatic rings. The van der Waals surface area contributed by atoms with E-state index in [0.29, 0.717) is 29.8 Å². The molecule has 0 aliphatic heterocycles. The standard InChI is InChI=1S/C14H13ClN4O/c1-9-17-13(20-19-9)6-7-16-12-8-10-4-2-3-5-11(10)14(15)18-12/h2-5,8H,6-7H2,1H3,(H,16,18). The molecule has 20 heavy (non-hydrogen) atoms. The highest BCUT2D eigenvalue weighted by Gasteiger charge is 2.05. The molecule has 0 aliphatic rings. The molecular formula is C14H13ClN4O. The van der Waals surface area contributed by atoms with Gasteiger partial charge in [0.25, 0.3) is 0 Å². The Morgan fingerprint density at radius 2 is 2.10 bits per heavy atom. The van der Waals surface area contributed by atoms with Crippen molar-refractivity contribution in [2.75, 3.05) is 11.9 Å². The van der Waals surface area contributed by atoms with Gasteiger partial charge >= 0.3 is 0 Å². The Bertz CT molecular complexity index is 741. The van der Waals surface area contributed by atoms with E-state index in [9.17, 15) is 0 Å². The minimum atomic E-state index is 0.499. The van der Waals surface area contributed by atoms with Gasteiger partial charge in [-0.1, -0.05) is 41.0 Å². The van der Waals surface area contributed by atoms with Crippen molar-refractivity contribution in [3.63, 3.8) is 0 Å². The molecule has 102 valence electrons. The molecule has 0 fully saturated rings. The molecule has 0 atom stereocenters. The van der Waals surface area contributed by atoms with Crippen molar-refractivity contribution in [2.45, 2.75) is 13.3 Å². The summed E-state index contributed by atoms with van der Waals surface area (Å²) in [6.45, 7) is 2.45. The average molecular weight is 289 g/mol. The number of aromatic nitrogens is 3. The van der Waals surface area contributed by atoms with E-state index in [2.05, 4.69) is 20.4 Å². The van der Waals surface area contributed by atoms with Crippen molar-refractivity contribution in [1.29, 1.82) is 0 Å². The van der Waals surface area contributed by atoms with Crippen LogP contribution in [0.3, 0.4) is 0 Å². The zero-order valence-electron chi connectivity index (χ0n) is 10.9. The third-order valence-electron chi connectivity index (χ3n) is 2.91. The summed E-state index contributed by atoms with van der Waals surface area (Å²) in [5, 5.41) is 9.47. The first-order valence-electron chi connectivity index (χ1n) is 6.31. The lowest BCUT2D eigenvalue weighted by molar-refractivity contribution is 0.377. The highest BCUT2D eigenvalue weighted by Crippen LogP contribution is 2.24. The molecule has 0 bridgehead atoms. The van der Waals surface area contributed by atoms with Crippen molar-refractivity contribution < 1.29 is 4.52 Å². The summed E-state index contributed by atoms with van der Waals surface area (Å²) in [7, 11) is 0. The summed E-state index contributed by atoms with van der Waals surface area (Å²) in [6, 6.07) is 9.86. The van der Waals surface area contributed by atoms with Crippen molar-refractivity contribution in [1.82, 2.24) is 15.1 Å². The Morgan fingerprint density at radius 3 is 2.90 bits per heavy atom. The number of nitrogens with zero attached hydrogens (tertiary/aromatic N) is 3. The smallest absolute Gasteiger partial charge is 0.228 e. The van der Waals surface area contributed by atoms with Crippen LogP contribution in [-0.2, 0) is 6.42 Å². The SMILES string of the molecule is Cc1noc(CCNc2cc3ccccc3c(Cl)n2)n1. The van der Waals surface area contributed by atoms with E-state index in [1.165, 1.54) is 0 Å². The number of aryl methyl sites for hydroxylation is 1. The minimum absolute atomic E-state index is 0.499. The average Bonchev–Trinajstić information content (AvgIpc) is 2.85. The molecule has 1 N–H and O–H groups in total. The van der Waals surface area contributed by atoms with E-state index >= 15 is 0 Å². The van der Waals surface area contributed by atoms with Crippen LogP contribution in [0.1, 0.15) is 11.7 Å². The zero-order chi connectivity index (χ0) is 13.9. The highest BCUT2D eigenvalue weighted by molar-refractivity contribution is 6.34. The molecule has 2 heterocycles. The Morgan fingerprint density at radius 1 is 1.25 bits per heavy atom. The molecule has 6 heteroatoms. The fourth-order valence-electron chi connectivity index (χ4n) is 1.99. The number of rotatable bonds is 4. The first kappa shape index (κ1) is 12.9. The van der Waals surface area contributed by atoms with Gasteiger partial charge in [0.05, 0.1) is 0 Å². The predicted molar refractivity (Wildman–Crippen MR) is 78.0 cm³/mol. The third-order valence-corrected chi connectivity index (χ3v) is 3.20. The van der Waals surface area contributed by atoms with E-state index in [4.69, 9.17) is 16.1 Å². The summed E-state index contributed by atoms with van der Waals surface area (Å²) >= 11 is 6.17. The van der Waals surface area contributed by atoms with Crippen LogP contribution in [0.2, 0.25) is 5.15 Å². The van der Waals surface area contributed by atoms with E-state index in [-0.39, 0.29) is 0 Å². The Hall–Kier alpha value is -2.14. The fourth-order valence-corrected chi connectivity index (χ4v) is 2.25. The Balaban J connectivity index is 1.71. The topological polar surface area (TPSA) is 63.8 Å². The molecule has 0 radical (unpaired) electrons. The molecule has 1 aromatic carbocycles. The van der Waals surface area contributed by atoms with Crippen LogP contribution in [0.25, 0.3) is 10.8 Å². The maximum Gasteiger partial charge on any atom is 0.228 e. The second kappa shape index (κ2) is 5.46. The molecular weight excluding hydrogens is 276 g/mol. The lowest BCUT2D eigenvalue weighted by Crippen LogP contribution is -2.06. The lowest BCUT2D eigenvalue weighted by Gasteiger charge is -2.06. The number of halogens is 1. The number of pyridine rings is 1. The highest BCUT2D eigenvalue weighted by atomic mass is 35.5. The molecule has 2 aromatic heterocycles. The maximum atomic E-state index is 6.17. The van der Waals surface area contributed by atoms with Gasteiger partial charge in [0.1, 0.15) is 11.0 Å². The van der Waals surface area contributed by atoms with Gasteiger partial charge in [0, 0.05) is 18.4 Å². The molecule has 5 nitrogen and oxygen atoms in total. The summed E-state index contributed by atoms with van der Waals surface area (Å²) in [4.78, 5) is 8.47. The maximum absolute atomic E-state index is 6.17. The largest absolute Gasteiger partial charge is 0.369 e. The summed E-state index contributed by atoms with van der Waals surface area (Å²) in [6.07, 6.45) is 0.646. The predicted octanol–water partition coefficient (Wildman–Crippen LogP) is 3.23. The van der Waals surface area contributed by atoms with Gasteiger partial charge in [-0.25, -0.2) is 4.98 Å². The summed E-state index contributed by atoms with van der Waals surface area (Å²) in [5.41, 5.74) is 0. The van der Waals surface area contributed by atoms with E-state index < -0.39 is 0 Å². The van der Waals surface area contributed by atoms with E-state index in [0.717, 1.165) is 16.6 Å². The quantitative estimate of drug-likeness (QED) is 0.747. The second-order valence-electron chi connectivity index (χ2n) is 4.43. The van der Waals surface area contributed by atoms with Gasteiger partial charge in [-0.15, -0.1) is 0 Å². The number of nitrogens with one attached hydrogen (secondary N) is 1. The van der Waals surface area contributed by atoms with Crippen LogP contribution in [0.4, 0.5) is 5.82 Å². The molecule has 0 spiro atoms. The van der Waals surface area contributed by atoms with Crippen LogP contribution in [-0.4, -0.2) is 21.7 Å². The van der Waals surface area contributed by atoms with Crippen molar-refractivity contribution in [3.05, 3.63) is 47.2 Å². The van der Waals surface area contributed by atoms with Gasteiger partial charge in [0.15, 0.2) is 5.82 Å². The van der Waals surface area contributed by atoms with Gasteiger partial charge in [-0.2, -0.15) is 4.98 Å². The molecule has 0 unspecified atom stereocenters. The third kappa shape index (κ3) is 2.72. The number of hydrogen-bond acceptors (Lipinski definition) is 5. The minimum Gasteiger partial charge on any atom is -0.369 e. The first-order valence-corrected chi connectivity index (χ1v) is 6.68. The first-order chi connectivity index (χ1) is 9.72. The second-order valence-corrected chi connectivity index (χ2v) is 4.79. The summed E-state index contributed by atoms with van der Waals surface area (Å²) < 4.78 is 5.05. The van der Waals surface area contributed by atoms with Crippen molar-refractivity contribution >= 4 is 28.2 Å². The Kier molecular flexibility index (Phi) is 3.52. The van der Waals surface area contributed by atoms with Crippen molar-refractivity contribution in [3.8, 4) is 0 Å². The van der Waals surface area contributed by atoms with Gasteiger partial charge < -0.3 is 9.84 Å². The van der Waals surface area contributed by atoms with Gasteiger partial charge in [0.2, 0.25) is 5.89 Å². The molecule has 0 saturated carbocycles. The van der Waals surface area contributed by atoms with Crippen LogP contribution >= 0.6 is 11.6 Å². The van der Waals surface area contributed by atoms with Gasteiger partial charge in [-0.3, -0.25) is 0 Å². The molecule has 3 rings (SSSR count). The monoisotopic (exact) mass is 288 g/mol. The number of benzene rings is 1. The van der Waals surface area contributed by atoms with Crippen LogP contribution in [0, 0.1) is 6.92 Å². The number of hydrogen-bond donors (Lipinski definition) is 1. The van der Waals surface area contributed by atoms with Gasteiger partial charge in [-0.05, 0) is 18.4 Å². The normalized spacial score (nSPS) is 10.9.